The van der Waals surface area contributed by atoms with Crippen LogP contribution in [0.25, 0.3) is 5.69 Å². The van der Waals surface area contributed by atoms with Gasteiger partial charge in [0.15, 0.2) is 5.69 Å². The third-order valence-electron chi connectivity index (χ3n) is 2.72. The first-order chi connectivity index (χ1) is 9.37. The fourth-order valence-corrected chi connectivity index (χ4v) is 1.79. The summed E-state index contributed by atoms with van der Waals surface area (Å²) in [5.74, 6) is -0.836. The van der Waals surface area contributed by atoms with Gasteiger partial charge in [0.2, 0.25) is 0 Å². The highest BCUT2D eigenvalue weighted by Crippen LogP contribution is 2.23. The maximum Gasteiger partial charge on any atom is 0.389 e. The molecule has 0 bridgehead atoms. The van der Waals surface area contributed by atoms with E-state index in [2.05, 4.69) is 5.10 Å². The largest absolute Gasteiger partial charge is 0.389 e. The molecule has 0 aliphatic carbocycles. The van der Waals surface area contributed by atoms with Crippen LogP contribution < -0.4 is 5.73 Å². The van der Waals surface area contributed by atoms with Crippen molar-refractivity contribution in [2.45, 2.75) is 19.0 Å². The second-order valence-corrected chi connectivity index (χ2v) is 4.26. The summed E-state index contributed by atoms with van der Waals surface area (Å²) in [5, 5.41) is 3.96. The third kappa shape index (κ3) is 3.37. The van der Waals surface area contributed by atoms with Gasteiger partial charge in [-0.3, -0.25) is 4.79 Å². The molecule has 0 unspecified atom stereocenters. The van der Waals surface area contributed by atoms with Crippen LogP contribution in [0, 0.1) is 0 Å². The third-order valence-corrected chi connectivity index (χ3v) is 2.72. The number of nitrogens with zero attached hydrogens (tertiary/aromatic N) is 2. The minimum atomic E-state index is -4.29. The lowest BCUT2D eigenvalue weighted by molar-refractivity contribution is -0.134. The fraction of sp³-hybridized carbons (Fsp3) is 0.231. The second-order valence-electron chi connectivity index (χ2n) is 4.26. The van der Waals surface area contributed by atoms with E-state index in [-0.39, 0.29) is 17.7 Å². The summed E-state index contributed by atoms with van der Waals surface area (Å²) in [6.45, 7) is 0. The summed E-state index contributed by atoms with van der Waals surface area (Å²) >= 11 is 0. The van der Waals surface area contributed by atoms with Crippen molar-refractivity contribution in [1.82, 2.24) is 9.78 Å². The second kappa shape index (κ2) is 5.36. The number of hydrogen-bond donors (Lipinski definition) is 1. The first kappa shape index (κ1) is 14.1. The number of aryl methyl sites for hydroxylation is 1. The van der Waals surface area contributed by atoms with Crippen LogP contribution in [-0.4, -0.2) is 21.9 Å². The van der Waals surface area contributed by atoms with Gasteiger partial charge in [-0.05, 0) is 18.6 Å². The van der Waals surface area contributed by atoms with Gasteiger partial charge < -0.3 is 5.73 Å². The molecule has 2 N–H and O–H groups in total. The molecule has 20 heavy (non-hydrogen) atoms. The number of amides is 1. The van der Waals surface area contributed by atoms with Gasteiger partial charge >= 0.3 is 6.18 Å². The first-order valence-corrected chi connectivity index (χ1v) is 5.87. The van der Waals surface area contributed by atoms with Crippen molar-refractivity contribution in [3.63, 3.8) is 0 Å². The van der Waals surface area contributed by atoms with E-state index >= 15 is 0 Å². The number of alkyl halides is 3. The highest BCUT2D eigenvalue weighted by atomic mass is 19.4. The van der Waals surface area contributed by atoms with Gasteiger partial charge in [0.1, 0.15) is 0 Å². The number of aromatic nitrogens is 2. The van der Waals surface area contributed by atoms with Gasteiger partial charge in [-0.1, -0.05) is 18.2 Å². The van der Waals surface area contributed by atoms with Gasteiger partial charge in [0.05, 0.1) is 5.69 Å². The monoisotopic (exact) mass is 283 g/mol. The molecule has 1 amide bonds. The molecule has 0 aliphatic rings. The van der Waals surface area contributed by atoms with Crippen LogP contribution in [0.15, 0.2) is 36.5 Å². The molecule has 0 aliphatic heterocycles. The zero-order valence-electron chi connectivity index (χ0n) is 10.4. The van der Waals surface area contributed by atoms with Gasteiger partial charge in [0.25, 0.3) is 5.91 Å². The van der Waals surface area contributed by atoms with E-state index < -0.39 is 18.5 Å². The molecule has 0 saturated heterocycles. The van der Waals surface area contributed by atoms with E-state index in [1.54, 1.807) is 30.3 Å². The van der Waals surface area contributed by atoms with Gasteiger partial charge in [-0.25, -0.2) is 4.68 Å². The molecule has 0 spiro atoms. The molecule has 7 heteroatoms. The Morgan fingerprint density at radius 2 is 1.90 bits per heavy atom. The lowest BCUT2D eigenvalue weighted by atomic mass is 10.1. The number of halogens is 3. The van der Waals surface area contributed by atoms with Crippen molar-refractivity contribution >= 4 is 5.91 Å². The SMILES string of the molecule is NC(=O)c1nn(-c2ccccc2)cc1CCC(F)(F)F. The average Bonchev–Trinajstić information content (AvgIpc) is 2.81. The zero-order valence-corrected chi connectivity index (χ0v) is 10.4. The Balaban J connectivity index is 2.32. The Hall–Kier alpha value is -2.31. The summed E-state index contributed by atoms with van der Waals surface area (Å²) in [5.41, 5.74) is 5.86. The van der Waals surface area contributed by atoms with E-state index in [0.29, 0.717) is 5.69 Å². The summed E-state index contributed by atoms with van der Waals surface area (Å²) in [6, 6.07) is 8.77. The molecule has 0 saturated carbocycles. The van der Waals surface area contributed by atoms with E-state index in [9.17, 15) is 18.0 Å². The molecular formula is C13H12F3N3O. The van der Waals surface area contributed by atoms with Gasteiger partial charge in [-0.15, -0.1) is 0 Å². The molecule has 1 heterocycles. The van der Waals surface area contributed by atoms with Crippen LogP contribution in [0.1, 0.15) is 22.5 Å². The number of carbonyl (C=O) groups is 1. The number of primary amides is 1. The molecule has 1 aromatic carbocycles. The standard InChI is InChI=1S/C13H12F3N3O/c14-13(15,16)7-6-9-8-19(18-11(9)12(17)20)10-4-2-1-3-5-10/h1-5,8H,6-7H2,(H2,17,20). The van der Waals surface area contributed by atoms with Crippen LogP contribution in [0.2, 0.25) is 0 Å². The molecule has 106 valence electrons. The average molecular weight is 283 g/mol. The number of para-hydroxylation sites is 1. The van der Waals surface area contributed by atoms with Crippen molar-refractivity contribution in [1.29, 1.82) is 0 Å². The predicted octanol–water partition coefficient (Wildman–Crippen LogP) is 2.47. The van der Waals surface area contributed by atoms with E-state index in [1.165, 1.54) is 10.9 Å². The number of rotatable bonds is 4. The van der Waals surface area contributed by atoms with Crippen LogP contribution in [0.5, 0.6) is 0 Å². The van der Waals surface area contributed by atoms with Crippen molar-refractivity contribution < 1.29 is 18.0 Å². The maximum atomic E-state index is 12.3. The Bertz CT molecular complexity index is 605. The number of benzene rings is 1. The number of nitrogens with two attached hydrogens (primary N) is 1. The van der Waals surface area contributed by atoms with Crippen LogP contribution in [-0.2, 0) is 6.42 Å². The summed E-state index contributed by atoms with van der Waals surface area (Å²) < 4.78 is 38.1. The zero-order chi connectivity index (χ0) is 14.8. The highest BCUT2D eigenvalue weighted by molar-refractivity contribution is 5.92. The molecule has 4 nitrogen and oxygen atoms in total. The van der Waals surface area contributed by atoms with E-state index in [4.69, 9.17) is 5.73 Å². The Morgan fingerprint density at radius 1 is 1.25 bits per heavy atom. The molecule has 0 radical (unpaired) electrons. The van der Waals surface area contributed by atoms with Gasteiger partial charge in [-0.2, -0.15) is 18.3 Å². The summed E-state index contributed by atoms with van der Waals surface area (Å²) in [7, 11) is 0. The normalized spacial score (nSPS) is 11.6. The molecule has 2 rings (SSSR count). The molecule has 1 aromatic heterocycles. The molecular weight excluding hydrogens is 271 g/mol. The van der Waals surface area contributed by atoms with Crippen molar-refractivity contribution in [3.8, 4) is 5.69 Å². The fourth-order valence-electron chi connectivity index (χ4n) is 1.79. The Labute approximate surface area is 113 Å². The molecule has 0 fully saturated rings. The lowest BCUT2D eigenvalue weighted by Gasteiger charge is -2.04. The predicted molar refractivity (Wildman–Crippen MR) is 66.5 cm³/mol. The Kier molecular flexibility index (Phi) is 3.78. The van der Waals surface area contributed by atoms with E-state index in [1.807, 2.05) is 0 Å². The topological polar surface area (TPSA) is 60.9 Å². The smallest absolute Gasteiger partial charge is 0.364 e. The Morgan fingerprint density at radius 3 is 2.45 bits per heavy atom. The van der Waals surface area contributed by atoms with Crippen LogP contribution in [0.3, 0.4) is 0 Å². The highest BCUT2D eigenvalue weighted by Gasteiger charge is 2.28. The van der Waals surface area contributed by atoms with Crippen molar-refractivity contribution in [2.75, 3.05) is 0 Å². The quantitative estimate of drug-likeness (QED) is 0.937. The molecule has 2 aromatic rings. The summed E-state index contributed by atoms with van der Waals surface area (Å²) in [4.78, 5) is 11.3. The minimum Gasteiger partial charge on any atom is -0.364 e. The van der Waals surface area contributed by atoms with E-state index in [0.717, 1.165) is 0 Å². The van der Waals surface area contributed by atoms with Gasteiger partial charge in [0, 0.05) is 18.2 Å². The maximum absolute atomic E-state index is 12.3. The number of hydrogen-bond acceptors (Lipinski definition) is 2. The van der Waals surface area contributed by atoms with Crippen molar-refractivity contribution in [3.05, 3.63) is 47.8 Å². The summed E-state index contributed by atoms with van der Waals surface area (Å²) in [6.07, 6.45) is -4.23. The first-order valence-electron chi connectivity index (χ1n) is 5.87. The molecule has 0 atom stereocenters. The number of carbonyl (C=O) groups excluding carboxylic acids is 1. The lowest BCUT2D eigenvalue weighted by Crippen LogP contribution is -2.15. The van der Waals surface area contributed by atoms with Crippen LogP contribution >= 0.6 is 0 Å². The van der Waals surface area contributed by atoms with Crippen LogP contribution in [0.4, 0.5) is 13.2 Å². The minimum absolute atomic E-state index is 0.127. The van der Waals surface area contributed by atoms with Crippen molar-refractivity contribution in [2.24, 2.45) is 5.73 Å².